The van der Waals surface area contributed by atoms with Crippen molar-refractivity contribution in [2.24, 2.45) is 0 Å². The number of rotatable bonds is 3. The molecule has 0 bridgehead atoms. The highest BCUT2D eigenvalue weighted by Crippen LogP contribution is 2.24. The molecule has 0 spiro atoms. The molecular formula is C10H13N3O2S. The zero-order valence-corrected chi connectivity index (χ0v) is 9.95. The summed E-state index contributed by atoms with van der Waals surface area (Å²) in [6.07, 6.45) is 1.11. The van der Waals surface area contributed by atoms with Gasteiger partial charge < -0.3 is 5.73 Å². The molecule has 0 saturated heterocycles. The first-order chi connectivity index (χ1) is 7.40. The quantitative estimate of drug-likeness (QED) is 0.795. The molecule has 1 rings (SSSR count). The van der Waals surface area contributed by atoms with Crippen molar-refractivity contribution in [3.8, 4) is 6.07 Å². The molecule has 16 heavy (non-hydrogen) atoms. The molecule has 5 nitrogen and oxygen atoms in total. The third kappa shape index (κ3) is 2.44. The summed E-state index contributed by atoms with van der Waals surface area (Å²) in [5.41, 5.74) is 6.59. The van der Waals surface area contributed by atoms with Crippen molar-refractivity contribution in [1.29, 1.82) is 5.26 Å². The normalized spacial score (nSPS) is 10.8. The number of nitrogens with zero attached hydrogens (tertiary/aromatic N) is 2. The number of sulfonamides is 1. The van der Waals surface area contributed by atoms with Gasteiger partial charge in [0.25, 0.3) is 0 Å². The van der Waals surface area contributed by atoms with Gasteiger partial charge in [-0.05, 0) is 25.1 Å². The van der Waals surface area contributed by atoms with E-state index in [-0.39, 0.29) is 12.1 Å². The van der Waals surface area contributed by atoms with Gasteiger partial charge in [-0.15, -0.1) is 0 Å². The number of nitrogen functional groups attached to an aromatic ring is 1. The van der Waals surface area contributed by atoms with Crippen LogP contribution in [-0.4, -0.2) is 21.2 Å². The van der Waals surface area contributed by atoms with Crippen LogP contribution in [0, 0.1) is 11.3 Å². The maximum Gasteiger partial charge on any atom is 0.232 e. The highest BCUT2D eigenvalue weighted by atomic mass is 32.2. The van der Waals surface area contributed by atoms with Gasteiger partial charge in [0.05, 0.1) is 17.5 Å². The fraction of sp³-hybridized carbons (Fsp3) is 0.300. The minimum absolute atomic E-state index is 0.257. The molecule has 0 aliphatic rings. The van der Waals surface area contributed by atoms with Crippen LogP contribution in [0.3, 0.4) is 0 Å². The lowest BCUT2D eigenvalue weighted by Crippen LogP contribution is -2.30. The Balaban J connectivity index is 3.38. The first kappa shape index (κ1) is 12.3. The maximum absolute atomic E-state index is 11.5. The summed E-state index contributed by atoms with van der Waals surface area (Å²) in [5, 5.41) is 8.93. The Kier molecular flexibility index (Phi) is 3.40. The van der Waals surface area contributed by atoms with Crippen LogP contribution in [0.15, 0.2) is 18.2 Å². The summed E-state index contributed by atoms with van der Waals surface area (Å²) in [4.78, 5) is 0. The SMILES string of the molecule is CCN(c1ccc(N)cc1C#N)S(C)(=O)=O. The summed E-state index contributed by atoms with van der Waals surface area (Å²) < 4.78 is 24.2. The molecule has 86 valence electrons. The highest BCUT2D eigenvalue weighted by Gasteiger charge is 2.18. The Morgan fingerprint density at radius 2 is 2.12 bits per heavy atom. The molecule has 0 saturated carbocycles. The van der Waals surface area contributed by atoms with Gasteiger partial charge in [-0.3, -0.25) is 4.31 Å². The van der Waals surface area contributed by atoms with E-state index >= 15 is 0 Å². The molecule has 0 radical (unpaired) electrons. The third-order valence-electron chi connectivity index (χ3n) is 2.10. The number of benzene rings is 1. The Hall–Kier alpha value is -1.74. The van der Waals surface area contributed by atoms with Gasteiger partial charge in [-0.1, -0.05) is 0 Å². The predicted molar refractivity (Wildman–Crippen MR) is 63.4 cm³/mol. The number of nitriles is 1. The van der Waals surface area contributed by atoms with Crippen molar-refractivity contribution in [2.75, 3.05) is 22.8 Å². The van der Waals surface area contributed by atoms with Gasteiger partial charge >= 0.3 is 0 Å². The second kappa shape index (κ2) is 4.41. The van der Waals surface area contributed by atoms with Crippen LogP contribution in [0.2, 0.25) is 0 Å². The van der Waals surface area contributed by atoms with Crippen LogP contribution in [0.5, 0.6) is 0 Å². The first-order valence-corrected chi connectivity index (χ1v) is 6.52. The monoisotopic (exact) mass is 239 g/mol. The van der Waals surface area contributed by atoms with E-state index < -0.39 is 10.0 Å². The zero-order chi connectivity index (χ0) is 12.3. The van der Waals surface area contributed by atoms with E-state index in [1.54, 1.807) is 19.1 Å². The maximum atomic E-state index is 11.5. The van der Waals surface area contributed by atoms with Crippen molar-refractivity contribution in [3.05, 3.63) is 23.8 Å². The van der Waals surface area contributed by atoms with Crippen LogP contribution < -0.4 is 10.0 Å². The number of anilines is 2. The second-order valence-electron chi connectivity index (χ2n) is 3.32. The van der Waals surface area contributed by atoms with E-state index in [0.717, 1.165) is 6.26 Å². The largest absolute Gasteiger partial charge is 0.399 e. The molecule has 0 fully saturated rings. The Morgan fingerprint density at radius 1 is 1.50 bits per heavy atom. The van der Waals surface area contributed by atoms with Gasteiger partial charge in [-0.2, -0.15) is 5.26 Å². The Labute approximate surface area is 95.1 Å². The summed E-state index contributed by atoms with van der Waals surface area (Å²) in [6.45, 7) is 1.98. The molecule has 0 aliphatic carbocycles. The van der Waals surface area contributed by atoms with Crippen LogP contribution in [0.1, 0.15) is 12.5 Å². The number of hydrogen-bond acceptors (Lipinski definition) is 4. The first-order valence-electron chi connectivity index (χ1n) is 4.67. The van der Waals surface area contributed by atoms with Gasteiger partial charge in [0.15, 0.2) is 0 Å². The zero-order valence-electron chi connectivity index (χ0n) is 9.14. The van der Waals surface area contributed by atoms with Crippen LogP contribution in [0.25, 0.3) is 0 Å². The van der Waals surface area contributed by atoms with Crippen molar-refractivity contribution in [3.63, 3.8) is 0 Å². The molecule has 6 heteroatoms. The van der Waals surface area contributed by atoms with Gasteiger partial charge in [0.1, 0.15) is 6.07 Å². The fourth-order valence-electron chi connectivity index (χ4n) is 1.44. The van der Waals surface area contributed by atoms with Crippen LogP contribution in [-0.2, 0) is 10.0 Å². The van der Waals surface area contributed by atoms with E-state index in [4.69, 9.17) is 11.0 Å². The molecule has 1 aromatic rings. The van der Waals surface area contributed by atoms with Crippen molar-refractivity contribution in [2.45, 2.75) is 6.92 Å². The summed E-state index contributed by atoms with van der Waals surface area (Å²) in [5.74, 6) is 0. The molecular weight excluding hydrogens is 226 g/mol. The van der Waals surface area contributed by atoms with E-state index in [1.165, 1.54) is 10.4 Å². The molecule has 2 N–H and O–H groups in total. The lowest BCUT2D eigenvalue weighted by molar-refractivity contribution is 0.597. The highest BCUT2D eigenvalue weighted by molar-refractivity contribution is 7.92. The van der Waals surface area contributed by atoms with Gasteiger partial charge in [0, 0.05) is 12.2 Å². The van der Waals surface area contributed by atoms with E-state index in [1.807, 2.05) is 6.07 Å². The van der Waals surface area contributed by atoms with Crippen LogP contribution >= 0.6 is 0 Å². The smallest absolute Gasteiger partial charge is 0.232 e. The number of hydrogen-bond donors (Lipinski definition) is 1. The topological polar surface area (TPSA) is 87.2 Å². The predicted octanol–water partition coefficient (Wildman–Crippen LogP) is 0.926. The van der Waals surface area contributed by atoms with E-state index in [0.29, 0.717) is 11.4 Å². The van der Waals surface area contributed by atoms with E-state index in [2.05, 4.69) is 0 Å². The molecule has 0 aromatic heterocycles. The van der Waals surface area contributed by atoms with Gasteiger partial charge in [0.2, 0.25) is 10.0 Å². The van der Waals surface area contributed by atoms with Crippen LogP contribution in [0.4, 0.5) is 11.4 Å². The minimum Gasteiger partial charge on any atom is -0.399 e. The molecule has 1 aromatic carbocycles. The number of nitrogens with two attached hydrogens (primary N) is 1. The van der Waals surface area contributed by atoms with Crippen molar-refractivity contribution >= 4 is 21.4 Å². The average Bonchev–Trinajstić information content (AvgIpc) is 2.19. The average molecular weight is 239 g/mol. The second-order valence-corrected chi connectivity index (χ2v) is 5.22. The van der Waals surface area contributed by atoms with Crippen molar-refractivity contribution < 1.29 is 8.42 Å². The molecule has 0 aliphatic heterocycles. The molecule has 0 atom stereocenters. The summed E-state index contributed by atoms with van der Waals surface area (Å²) in [7, 11) is -3.37. The lowest BCUT2D eigenvalue weighted by Gasteiger charge is -2.21. The fourth-order valence-corrected chi connectivity index (χ4v) is 2.43. The molecule has 0 unspecified atom stereocenters. The minimum atomic E-state index is -3.37. The summed E-state index contributed by atoms with van der Waals surface area (Å²) in [6, 6.07) is 6.51. The standard InChI is InChI=1S/C10H13N3O2S/c1-3-13(16(2,14)15)10-5-4-9(12)6-8(10)7-11/h4-6H,3,12H2,1-2H3. The molecule has 0 amide bonds. The van der Waals surface area contributed by atoms with E-state index in [9.17, 15) is 8.42 Å². The van der Waals surface area contributed by atoms with Crippen molar-refractivity contribution in [1.82, 2.24) is 0 Å². The summed E-state index contributed by atoms with van der Waals surface area (Å²) >= 11 is 0. The molecule has 0 heterocycles. The Bertz CT molecular complexity index is 531. The third-order valence-corrected chi connectivity index (χ3v) is 3.35. The Morgan fingerprint density at radius 3 is 2.56 bits per heavy atom. The van der Waals surface area contributed by atoms with Gasteiger partial charge in [-0.25, -0.2) is 8.42 Å². The lowest BCUT2D eigenvalue weighted by atomic mass is 10.2.